The molecule has 9 heteroatoms. The number of ether oxygens (including phenoxy) is 2. The van der Waals surface area contributed by atoms with Crippen LogP contribution in [-0.4, -0.2) is 32.8 Å². The highest BCUT2D eigenvalue weighted by molar-refractivity contribution is 5.82. The van der Waals surface area contributed by atoms with Gasteiger partial charge in [0, 0.05) is 35.0 Å². The van der Waals surface area contributed by atoms with Crippen LogP contribution in [-0.2, 0) is 6.54 Å². The third kappa shape index (κ3) is 2.69. The molecule has 0 saturated carbocycles. The minimum absolute atomic E-state index is 0.0507. The molecule has 0 aliphatic carbocycles. The molecule has 3 aromatic heterocycles. The van der Waals surface area contributed by atoms with Crippen LogP contribution in [0.2, 0.25) is 0 Å². The topological polar surface area (TPSA) is 99.6 Å². The molecule has 5 heterocycles. The maximum atomic E-state index is 14.7. The minimum Gasteiger partial charge on any atom is -0.493 e. The van der Waals surface area contributed by atoms with Gasteiger partial charge in [-0.25, -0.2) is 4.39 Å². The van der Waals surface area contributed by atoms with Crippen molar-refractivity contribution in [1.82, 2.24) is 19.6 Å². The van der Waals surface area contributed by atoms with E-state index in [1.54, 1.807) is 18.6 Å². The summed E-state index contributed by atoms with van der Waals surface area (Å²) in [6, 6.07) is 6.90. The lowest BCUT2D eigenvalue weighted by Crippen LogP contribution is -2.13. The zero-order valence-corrected chi connectivity index (χ0v) is 16.7. The molecule has 0 fully saturated rings. The quantitative estimate of drug-likeness (QED) is 0.489. The molecule has 3 N–H and O–H groups in total. The Kier molecular flexibility index (Phi) is 3.80. The monoisotopic (exact) mass is 418 g/mol. The van der Waals surface area contributed by atoms with Gasteiger partial charge in [-0.2, -0.15) is 0 Å². The number of nitrogens with one attached hydrogen (secondary N) is 1. The van der Waals surface area contributed by atoms with Crippen molar-refractivity contribution in [2.45, 2.75) is 19.4 Å². The normalized spacial score (nSPS) is 16.9. The largest absolute Gasteiger partial charge is 0.493 e. The Bertz CT molecular complexity index is 1350. The highest BCUT2D eigenvalue weighted by Gasteiger charge is 2.31. The summed E-state index contributed by atoms with van der Waals surface area (Å²) in [4.78, 5) is 4.38. The second-order valence-corrected chi connectivity index (χ2v) is 7.80. The van der Waals surface area contributed by atoms with Gasteiger partial charge in [-0.15, -0.1) is 10.2 Å². The van der Waals surface area contributed by atoms with Gasteiger partial charge in [-0.05, 0) is 31.2 Å². The van der Waals surface area contributed by atoms with Gasteiger partial charge >= 0.3 is 0 Å². The summed E-state index contributed by atoms with van der Waals surface area (Å²) in [5, 5.41) is 11.7. The maximum absolute atomic E-state index is 14.7. The van der Waals surface area contributed by atoms with Gasteiger partial charge in [0.05, 0.1) is 30.5 Å². The van der Waals surface area contributed by atoms with Crippen LogP contribution in [0.3, 0.4) is 0 Å². The summed E-state index contributed by atoms with van der Waals surface area (Å²) in [5.74, 6) is 1.68. The molecule has 2 aliphatic heterocycles. The molecule has 0 bridgehead atoms. The highest BCUT2D eigenvalue weighted by Crippen LogP contribution is 2.41. The molecule has 1 atom stereocenters. The SMILES string of the molecule is Cc1ncc(-c2cc3c(n4cnnc24)NCc2c(F)ccc4c2[C@@H](CO4)CO3)cc1N. The molecular formula is C22H19FN6O2. The fourth-order valence-corrected chi connectivity index (χ4v) is 4.29. The van der Waals surface area contributed by atoms with Gasteiger partial charge in [0.1, 0.15) is 17.9 Å². The first-order valence-corrected chi connectivity index (χ1v) is 10.00. The standard InChI is InChI=1S/C22H19FN6O2/c1-11-17(24)4-12(6-25-11)14-5-19-22(29-10-27-28-21(14)29)26-7-15-16(23)2-3-18-20(15)13(8-30-18)9-31-19/h2-6,10,13,26H,7-9,24H2,1H3/t13-/m0/s1. The number of benzene rings is 1. The van der Waals surface area contributed by atoms with Crippen LogP contribution < -0.4 is 20.5 Å². The molecule has 156 valence electrons. The molecule has 0 spiro atoms. The van der Waals surface area contributed by atoms with E-state index in [-0.39, 0.29) is 18.3 Å². The predicted octanol–water partition coefficient (Wildman–Crippen LogP) is 3.30. The van der Waals surface area contributed by atoms with E-state index in [1.165, 1.54) is 6.07 Å². The van der Waals surface area contributed by atoms with E-state index in [2.05, 4.69) is 20.5 Å². The highest BCUT2D eigenvalue weighted by atomic mass is 19.1. The Morgan fingerprint density at radius 3 is 2.87 bits per heavy atom. The summed E-state index contributed by atoms with van der Waals surface area (Å²) in [6.45, 7) is 2.97. The number of hydrogen-bond donors (Lipinski definition) is 2. The van der Waals surface area contributed by atoms with Crippen LogP contribution in [0.1, 0.15) is 22.7 Å². The first kappa shape index (κ1) is 17.9. The second-order valence-electron chi connectivity index (χ2n) is 7.80. The van der Waals surface area contributed by atoms with Crippen molar-refractivity contribution >= 4 is 17.2 Å². The van der Waals surface area contributed by atoms with E-state index >= 15 is 0 Å². The summed E-state index contributed by atoms with van der Waals surface area (Å²) < 4.78 is 28.5. The third-order valence-electron chi connectivity index (χ3n) is 5.96. The van der Waals surface area contributed by atoms with Gasteiger partial charge in [0.2, 0.25) is 0 Å². The number of nitrogens with zero attached hydrogens (tertiary/aromatic N) is 4. The maximum Gasteiger partial charge on any atom is 0.170 e. The van der Waals surface area contributed by atoms with Gasteiger partial charge < -0.3 is 20.5 Å². The average molecular weight is 418 g/mol. The molecule has 6 rings (SSSR count). The van der Waals surface area contributed by atoms with Crippen molar-refractivity contribution in [2.75, 3.05) is 24.3 Å². The number of nitrogens with two attached hydrogens (primary N) is 1. The Morgan fingerprint density at radius 1 is 1.19 bits per heavy atom. The van der Waals surface area contributed by atoms with Crippen LogP contribution in [0, 0.1) is 12.7 Å². The van der Waals surface area contributed by atoms with Crippen molar-refractivity contribution in [3.8, 4) is 22.6 Å². The van der Waals surface area contributed by atoms with E-state index < -0.39 is 0 Å². The van der Waals surface area contributed by atoms with Crippen LogP contribution in [0.15, 0.2) is 36.8 Å². The molecule has 4 aromatic rings. The Hall–Kier alpha value is -3.88. The van der Waals surface area contributed by atoms with Crippen molar-refractivity contribution in [3.05, 3.63) is 59.4 Å². The van der Waals surface area contributed by atoms with E-state index in [0.29, 0.717) is 47.4 Å². The average Bonchev–Trinajstić information content (AvgIpc) is 3.41. The summed E-state index contributed by atoms with van der Waals surface area (Å²) in [7, 11) is 0. The molecule has 0 radical (unpaired) electrons. The second kappa shape index (κ2) is 6.56. The van der Waals surface area contributed by atoms with Crippen LogP contribution >= 0.6 is 0 Å². The fraction of sp³-hybridized carbons (Fsp3) is 0.227. The molecule has 2 aliphatic rings. The predicted molar refractivity (Wildman–Crippen MR) is 113 cm³/mol. The zero-order valence-electron chi connectivity index (χ0n) is 16.7. The van der Waals surface area contributed by atoms with Crippen molar-refractivity contribution in [2.24, 2.45) is 0 Å². The first-order chi connectivity index (χ1) is 15.1. The van der Waals surface area contributed by atoms with Crippen molar-refractivity contribution < 1.29 is 13.9 Å². The Labute approximate surface area is 176 Å². The lowest BCUT2D eigenvalue weighted by Gasteiger charge is -2.17. The van der Waals surface area contributed by atoms with Crippen LogP contribution in [0.25, 0.3) is 16.8 Å². The number of anilines is 2. The summed E-state index contributed by atoms with van der Waals surface area (Å²) in [5.41, 5.74) is 11.1. The lowest BCUT2D eigenvalue weighted by molar-refractivity contribution is 0.249. The molecule has 1 aromatic carbocycles. The number of halogens is 1. The molecule has 8 nitrogen and oxygen atoms in total. The Morgan fingerprint density at radius 2 is 2.03 bits per heavy atom. The number of aromatic nitrogens is 4. The molecular weight excluding hydrogens is 399 g/mol. The zero-order chi connectivity index (χ0) is 21.1. The number of aryl methyl sites for hydroxylation is 1. The van der Waals surface area contributed by atoms with Gasteiger partial charge in [-0.1, -0.05) is 0 Å². The first-order valence-electron chi connectivity index (χ1n) is 10.00. The van der Waals surface area contributed by atoms with E-state index in [0.717, 1.165) is 22.4 Å². The lowest BCUT2D eigenvalue weighted by atomic mass is 9.96. The van der Waals surface area contributed by atoms with Gasteiger partial charge in [0.25, 0.3) is 0 Å². The fourth-order valence-electron chi connectivity index (χ4n) is 4.29. The van der Waals surface area contributed by atoms with Crippen molar-refractivity contribution in [3.63, 3.8) is 0 Å². The smallest absolute Gasteiger partial charge is 0.170 e. The summed E-state index contributed by atoms with van der Waals surface area (Å²) >= 11 is 0. The van der Waals surface area contributed by atoms with E-state index in [1.807, 2.05) is 23.5 Å². The van der Waals surface area contributed by atoms with Crippen LogP contribution in [0.4, 0.5) is 15.9 Å². The Balaban J connectivity index is 1.52. The van der Waals surface area contributed by atoms with E-state index in [9.17, 15) is 4.39 Å². The van der Waals surface area contributed by atoms with Crippen LogP contribution in [0.5, 0.6) is 11.5 Å². The molecule has 31 heavy (non-hydrogen) atoms. The third-order valence-corrected chi connectivity index (χ3v) is 5.96. The molecule has 0 saturated heterocycles. The number of pyridine rings is 2. The van der Waals surface area contributed by atoms with Gasteiger partial charge in [-0.3, -0.25) is 9.38 Å². The van der Waals surface area contributed by atoms with Gasteiger partial charge in [0.15, 0.2) is 17.2 Å². The number of rotatable bonds is 1. The molecule has 0 amide bonds. The minimum atomic E-state index is -0.261. The van der Waals surface area contributed by atoms with Crippen molar-refractivity contribution in [1.29, 1.82) is 0 Å². The summed E-state index contributed by atoms with van der Waals surface area (Å²) in [6.07, 6.45) is 3.37. The van der Waals surface area contributed by atoms with E-state index in [4.69, 9.17) is 15.2 Å². The number of nitrogen functional groups attached to an aromatic ring is 1. The number of hydrogen-bond acceptors (Lipinski definition) is 7. The number of fused-ring (bicyclic) bond motifs is 3. The molecule has 0 unspecified atom stereocenters.